The van der Waals surface area contributed by atoms with Crippen LogP contribution in [0.25, 0.3) is 22.4 Å². The molecule has 7 heteroatoms. The Morgan fingerprint density at radius 2 is 1.90 bits per heavy atom. The van der Waals surface area contributed by atoms with Crippen LogP contribution in [-0.2, 0) is 14.3 Å². The van der Waals surface area contributed by atoms with Crippen LogP contribution in [0.3, 0.4) is 0 Å². The predicted molar refractivity (Wildman–Crippen MR) is 106 cm³/mol. The van der Waals surface area contributed by atoms with Crippen LogP contribution in [0.15, 0.2) is 53.1 Å². The summed E-state index contributed by atoms with van der Waals surface area (Å²) >= 11 is 0. The first kappa shape index (κ1) is 19.1. The second-order valence-corrected chi connectivity index (χ2v) is 7.18. The topological polar surface area (TPSA) is 81.9 Å². The predicted octanol–water partition coefficient (Wildman–Crippen LogP) is 3.29. The van der Waals surface area contributed by atoms with Crippen molar-refractivity contribution in [2.45, 2.75) is 26.1 Å². The fraction of sp³-hybridized carbons (Fsp3) is 0.318. The third-order valence-electron chi connectivity index (χ3n) is 4.81. The van der Waals surface area contributed by atoms with Gasteiger partial charge in [0.05, 0.1) is 29.6 Å². The van der Waals surface area contributed by atoms with Gasteiger partial charge in [0.2, 0.25) is 0 Å². The summed E-state index contributed by atoms with van der Waals surface area (Å²) < 4.78 is 16.4. The highest BCUT2D eigenvalue weighted by Crippen LogP contribution is 2.25. The number of hydrogen-bond donors (Lipinski definition) is 0. The molecule has 0 radical (unpaired) electrons. The highest BCUT2D eigenvalue weighted by atomic mass is 16.5. The zero-order chi connectivity index (χ0) is 20.4. The molecular formula is C22H22N2O5. The van der Waals surface area contributed by atoms with Gasteiger partial charge in [0, 0.05) is 18.5 Å². The zero-order valence-corrected chi connectivity index (χ0v) is 16.3. The number of furan rings is 1. The summed E-state index contributed by atoms with van der Waals surface area (Å²) in [4.78, 5) is 31.6. The number of nitrogens with zero attached hydrogens (tertiary/aromatic N) is 2. The lowest BCUT2D eigenvalue weighted by Crippen LogP contribution is -2.49. The summed E-state index contributed by atoms with van der Waals surface area (Å²) in [5.41, 5.74) is 1.52. The SMILES string of the molecule is C[C@H]1CN(C(=O)COC(=O)c2cc(-c3ccco3)nc3ccccc23)C[C@H](C)O1. The molecule has 1 fully saturated rings. The molecule has 0 saturated carbocycles. The van der Waals surface area contributed by atoms with E-state index < -0.39 is 5.97 Å². The third-order valence-corrected chi connectivity index (χ3v) is 4.81. The number of aromatic nitrogens is 1. The molecule has 29 heavy (non-hydrogen) atoms. The molecule has 0 unspecified atom stereocenters. The number of fused-ring (bicyclic) bond motifs is 1. The van der Waals surface area contributed by atoms with Crippen molar-refractivity contribution in [3.8, 4) is 11.5 Å². The minimum absolute atomic E-state index is 0.0432. The number of amides is 1. The van der Waals surface area contributed by atoms with Gasteiger partial charge in [-0.15, -0.1) is 0 Å². The maximum Gasteiger partial charge on any atom is 0.339 e. The molecule has 0 bridgehead atoms. The summed E-state index contributed by atoms with van der Waals surface area (Å²) in [6, 6.07) is 12.5. The van der Waals surface area contributed by atoms with Crippen molar-refractivity contribution in [2.75, 3.05) is 19.7 Å². The summed E-state index contributed by atoms with van der Waals surface area (Å²) in [6.45, 7) is 4.50. The van der Waals surface area contributed by atoms with Crippen LogP contribution in [-0.4, -0.2) is 53.7 Å². The van der Waals surface area contributed by atoms with E-state index >= 15 is 0 Å². The van der Waals surface area contributed by atoms with Crippen LogP contribution in [0.1, 0.15) is 24.2 Å². The van der Waals surface area contributed by atoms with Crippen molar-refractivity contribution < 1.29 is 23.5 Å². The number of benzene rings is 1. The maximum atomic E-state index is 12.8. The van der Waals surface area contributed by atoms with Gasteiger partial charge in [-0.2, -0.15) is 0 Å². The number of esters is 1. The second-order valence-electron chi connectivity index (χ2n) is 7.18. The molecule has 3 heterocycles. The molecule has 1 aromatic carbocycles. The fourth-order valence-electron chi connectivity index (χ4n) is 3.57. The van der Waals surface area contributed by atoms with E-state index in [1.165, 1.54) is 0 Å². The molecule has 3 aromatic rings. The average Bonchev–Trinajstić information content (AvgIpc) is 3.25. The summed E-state index contributed by atoms with van der Waals surface area (Å²) in [5.74, 6) is -0.249. The summed E-state index contributed by atoms with van der Waals surface area (Å²) in [5, 5.41) is 0.661. The number of para-hydroxylation sites is 1. The molecule has 0 spiro atoms. The lowest BCUT2D eigenvalue weighted by molar-refractivity contribution is -0.146. The Hall–Kier alpha value is -3.19. The number of rotatable bonds is 4. The van der Waals surface area contributed by atoms with Gasteiger partial charge in [0.1, 0.15) is 5.69 Å². The molecule has 0 aliphatic carbocycles. The van der Waals surface area contributed by atoms with Crippen LogP contribution < -0.4 is 0 Å². The van der Waals surface area contributed by atoms with Crippen LogP contribution in [0.4, 0.5) is 0 Å². The second kappa shape index (κ2) is 8.05. The van der Waals surface area contributed by atoms with Gasteiger partial charge >= 0.3 is 5.97 Å². The first-order valence-electron chi connectivity index (χ1n) is 9.55. The van der Waals surface area contributed by atoms with E-state index in [9.17, 15) is 9.59 Å². The minimum Gasteiger partial charge on any atom is -0.463 e. The molecule has 1 aliphatic heterocycles. The van der Waals surface area contributed by atoms with Crippen LogP contribution >= 0.6 is 0 Å². The Morgan fingerprint density at radius 1 is 1.14 bits per heavy atom. The molecule has 4 rings (SSSR count). The Kier molecular flexibility index (Phi) is 5.31. The molecular weight excluding hydrogens is 372 g/mol. The maximum absolute atomic E-state index is 12.8. The van der Waals surface area contributed by atoms with Gasteiger partial charge in [-0.25, -0.2) is 9.78 Å². The third kappa shape index (κ3) is 4.14. The monoisotopic (exact) mass is 394 g/mol. The quantitative estimate of drug-likeness (QED) is 0.632. The zero-order valence-electron chi connectivity index (χ0n) is 16.3. The fourth-order valence-corrected chi connectivity index (χ4v) is 3.57. The van der Waals surface area contributed by atoms with E-state index in [-0.39, 0.29) is 24.7 Å². The number of carbonyl (C=O) groups excluding carboxylic acids is 2. The highest BCUT2D eigenvalue weighted by Gasteiger charge is 2.27. The van der Waals surface area contributed by atoms with E-state index in [1.807, 2.05) is 32.0 Å². The van der Waals surface area contributed by atoms with E-state index in [4.69, 9.17) is 13.9 Å². The van der Waals surface area contributed by atoms with Gasteiger partial charge in [-0.1, -0.05) is 18.2 Å². The first-order valence-corrected chi connectivity index (χ1v) is 9.55. The van der Waals surface area contributed by atoms with Crippen molar-refractivity contribution in [1.29, 1.82) is 0 Å². The molecule has 7 nitrogen and oxygen atoms in total. The largest absolute Gasteiger partial charge is 0.463 e. The van der Waals surface area contributed by atoms with E-state index in [0.29, 0.717) is 41.0 Å². The summed E-state index contributed by atoms with van der Waals surface area (Å²) in [6.07, 6.45) is 1.46. The van der Waals surface area contributed by atoms with Gasteiger partial charge in [0.25, 0.3) is 5.91 Å². The first-order chi connectivity index (χ1) is 14.0. The van der Waals surface area contributed by atoms with Crippen molar-refractivity contribution >= 4 is 22.8 Å². The summed E-state index contributed by atoms with van der Waals surface area (Å²) in [7, 11) is 0. The minimum atomic E-state index is -0.570. The van der Waals surface area contributed by atoms with Crippen molar-refractivity contribution in [3.05, 3.63) is 54.3 Å². The van der Waals surface area contributed by atoms with Gasteiger partial charge in [-0.05, 0) is 38.1 Å². The Morgan fingerprint density at radius 3 is 2.62 bits per heavy atom. The molecule has 0 N–H and O–H groups in total. The molecule has 1 saturated heterocycles. The number of pyridine rings is 1. The van der Waals surface area contributed by atoms with Crippen molar-refractivity contribution in [2.24, 2.45) is 0 Å². The van der Waals surface area contributed by atoms with Gasteiger partial charge in [0.15, 0.2) is 12.4 Å². The lowest BCUT2D eigenvalue weighted by atomic mass is 10.1. The Bertz CT molecular complexity index is 1020. The highest BCUT2D eigenvalue weighted by molar-refractivity contribution is 6.05. The Balaban J connectivity index is 1.54. The standard InChI is InChI=1S/C22H22N2O5/c1-14-11-24(12-15(2)29-14)21(25)13-28-22(26)17-10-19(20-8-5-9-27-20)23-18-7-4-3-6-16(17)18/h3-10,14-15H,11-13H2,1-2H3/t14-,15-/m0/s1. The molecule has 2 atom stereocenters. The number of carbonyl (C=O) groups is 2. The lowest BCUT2D eigenvalue weighted by Gasteiger charge is -2.35. The van der Waals surface area contributed by atoms with Crippen molar-refractivity contribution in [1.82, 2.24) is 9.88 Å². The normalized spacial score (nSPS) is 19.3. The Labute approximate surface area is 168 Å². The molecule has 1 aliphatic rings. The van der Waals surface area contributed by atoms with Crippen LogP contribution in [0.5, 0.6) is 0 Å². The van der Waals surface area contributed by atoms with Crippen LogP contribution in [0.2, 0.25) is 0 Å². The van der Waals surface area contributed by atoms with E-state index in [1.54, 1.807) is 35.4 Å². The smallest absolute Gasteiger partial charge is 0.339 e. The van der Waals surface area contributed by atoms with Gasteiger partial charge < -0.3 is 18.8 Å². The number of ether oxygens (including phenoxy) is 2. The molecule has 2 aromatic heterocycles. The molecule has 1 amide bonds. The number of hydrogen-bond acceptors (Lipinski definition) is 6. The number of morpholine rings is 1. The van der Waals surface area contributed by atoms with E-state index in [2.05, 4.69) is 4.98 Å². The molecule has 150 valence electrons. The van der Waals surface area contributed by atoms with Gasteiger partial charge in [-0.3, -0.25) is 4.79 Å². The van der Waals surface area contributed by atoms with Crippen LogP contribution in [0, 0.1) is 0 Å². The van der Waals surface area contributed by atoms with E-state index in [0.717, 1.165) is 0 Å². The van der Waals surface area contributed by atoms with Crippen molar-refractivity contribution in [3.63, 3.8) is 0 Å². The average molecular weight is 394 g/mol.